The third-order valence-corrected chi connectivity index (χ3v) is 5.95. The number of nitrogens with zero attached hydrogens (tertiary/aromatic N) is 1. The maximum Gasteiger partial charge on any atom is 0.418 e. The van der Waals surface area contributed by atoms with Gasteiger partial charge in [-0.2, -0.15) is 13.2 Å². The number of halogens is 3. The molecule has 0 aliphatic rings. The Morgan fingerprint density at radius 1 is 0.750 bits per heavy atom. The van der Waals surface area contributed by atoms with Gasteiger partial charge < -0.3 is 9.47 Å². The van der Waals surface area contributed by atoms with Crippen LogP contribution in [0.25, 0.3) is 33.2 Å². The SMILES string of the molecule is COc1cccc(COc2cccc(-c3c(-c4ccccc4)cnc4c(C(F)(F)F)cccc34)c2)c1. The molecular formula is C30H22F3NO2. The molecule has 0 atom stereocenters. The van der Waals surface area contributed by atoms with Crippen molar-refractivity contribution in [2.75, 3.05) is 7.11 Å². The lowest BCUT2D eigenvalue weighted by molar-refractivity contribution is -0.136. The van der Waals surface area contributed by atoms with Gasteiger partial charge in [-0.05, 0) is 47.0 Å². The van der Waals surface area contributed by atoms with Crippen LogP contribution < -0.4 is 9.47 Å². The highest BCUT2D eigenvalue weighted by Crippen LogP contribution is 2.42. The number of hydrogen-bond acceptors (Lipinski definition) is 3. The van der Waals surface area contributed by atoms with Gasteiger partial charge in [-0.1, -0.05) is 66.7 Å². The molecule has 0 saturated carbocycles. The molecule has 3 nitrogen and oxygen atoms in total. The Labute approximate surface area is 206 Å². The van der Waals surface area contributed by atoms with Gasteiger partial charge in [0, 0.05) is 22.7 Å². The summed E-state index contributed by atoms with van der Waals surface area (Å²) in [5.41, 5.74) is 3.12. The minimum atomic E-state index is -4.51. The van der Waals surface area contributed by atoms with E-state index in [1.165, 1.54) is 12.3 Å². The summed E-state index contributed by atoms with van der Waals surface area (Å²) in [6, 6.07) is 28.7. The highest BCUT2D eigenvalue weighted by Gasteiger charge is 2.33. The first-order valence-electron chi connectivity index (χ1n) is 11.3. The molecule has 0 bridgehead atoms. The largest absolute Gasteiger partial charge is 0.497 e. The van der Waals surface area contributed by atoms with E-state index in [1.807, 2.05) is 78.9 Å². The Morgan fingerprint density at radius 3 is 2.25 bits per heavy atom. The first kappa shape index (κ1) is 23.4. The molecule has 0 amide bonds. The average molecular weight is 486 g/mol. The normalized spacial score (nSPS) is 11.4. The zero-order chi connectivity index (χ0) is 25.1. The Morgan fingerprint density at radius 2 is 1.47 bits per heavy atom. The van der Waals surface area contributed by atoms with Gasteiger partial charge in [-0.15, -0.1) is 0 Å². The van der Waals surface area contributed by atoms with Gasteiger partial charge in [-0.3, -0.25) is 4.98 Å². The zero-order valence-corrected chi connectivity index (χ0v) is 19.4. The van der Waals surface area contributed by atoms with Crippen molar-refractivity contribution < 1.29 is 22.6 Å². The van der Waals surface area contributed by atoms with E-state index in [9.17, 15) is 13.2 Å². The van der Waals surface area contributed by atoms with Crippen molar-refractivity contribution in [3.8, 4) is 33.8 Å². The van der Waals surface area contributed by atoms with Crippen LogP contribution in [0.5, 0.6) is 11.5 Å². The van der Waals surface area contributed by atoms with E-state index in [4.69, 9.17) is 9.47 Å². The standard InChI is InChI=1S/C30H22F3NO2/c1-35-23-12-5-8-20(16-23)19-36-24-13-6-11-22(17-24)28-25-14-7-15-27(30(31,32)33)29(25)34-18-26(28)21-9-3-2-4-10-21/h2-18H,19H2,1H3. The topological polar surface area (TPSA) is 31.4 Å². The van der Waals surface area contributed by atoms with Crippen LogP contribution in [0.1, 0.15) is 11.1 Å². The van der Waals surface area contributed by atoms with Crippen LogP contribution in [0.3, 0.4) is 0 Å². The van der Waals surface area contributed by atoms with Gasteiger partial charge in [0.2, 0.25) is 0 Å². The van der Waals surface area contributed by atoms with Crippen molar-refractivity contribution in [1.29, 1.82) is 0 Å². The number of rotatable bonds is 6. The predicted molar refractivity (Wildman–Crippen MR) is 135 cm³/mol. The van der Waals surface area contributed by atoms with E-state index >= 15 is 0 Å². The molecule has 1 heterocycles. The second kappa shape index (κ2) is 9.74. The van der Waals surface area contributed by atoms with Crippen LogP contribution in [0.2, 0.25) is 0 Å². The lowest BCUT2D eigenvalue weighted by Gasteiger charge is -2.17. The van der Waals surface area contributed by atoms with Gasteiger partial charge in [0.25, 0.3) is 0 Å². The van der Waals surface area contributed by atoms with Crippen molar-refractivity contribution >= 4 is 10.9 Å². The molecule has 5 rings (SSSR count). The van der Waals surface area contributed by atoms with Crippen LogP contribution in [-0.4, -0.2) is 12.1 Å². The van der Waals surface area contributed by atoms with Crippen LogP contribution >= 0.6 is 0 Å². The maximum absolute atomic E-state index is 13.8. The Balaban J connectivity index is 1.62. The van der Waals surface area contributed by atoms with Crippen LogP contribution in [0.4, 0.5) is 13.2 Å². The molecule has 0 fully saturated rings. The summed E-state index contributed by atoms with van der Waals surface area (Å²) in [7, 11) is 1.61. The molecule has 0 spiro atoms. The number of methoxy groups -OCH3 is 1. The molecule has 5 aromatic rings. The number of benzene rings is 4. The molecular weight excluding hydrogens is 463 g/mol. The summed E-state index contributed by atoms with van der Waals surface area (Å²) in [6.45, 7) is 0.321. The summed E-state index contributed by atoms with van der Waals surface area (Å²) < 4.78 is 52.7. The number of alkyl halides is 3. The van der Waals surface area contributed by atoms with Crippen molar-refractivity contribution in [2.45, 2.75) is 12.8 Å². The maximum atomic E-state index is 13.8. The fourth-order valence-electron chi connectivity index (χ4n) is 4.27. The smallest absolute Gasteiger partial charge is 0.418 e. The lowest BCUT2D eigenvalue weighted by Crippen LogP contribution is -2.07. The predicted octanol–water partition coefficient (Wildman–Crippen LogP) is 8.18. The second-order valence-corrected chi connectivity index (χ2v) is 8.28. The van der Waals surface area contributed by atoms with E-state index in [1.54, 1.807) is 13.2 Å². The van der Waals surface area contributed by atoms with E-state index in [2.05, 4.69) is 4.98 Å². The summed E-state index contributed by atoms with van der Waals surface area (Å²) >= 11 is 0. The monoisotopic (exact) mass is 485 g/mol. The highest BCUT2D eigenvalue weighted by molar-refractivity contribution is 6.03. The minimum Gasteiger partial charge on any atom is -0.497 e. The number of hydrogen-bond donors (Lipinski definition) is 0. The minimum absolute atomic E-state index is 0.0811. The van der Waals surface area contributed by atoms with E-state index in [0.29, 0.717) is 23.3 Å². The van der Waals surface area contributed by atoms with Gasteiger partial charge in [0.1, 0.15) is 18.1 Å². The fraction of sp³-hybridized carbons (Fsp3) is 0.100. The molecule has 0 N–H and O–H groups in total. The Kier molecular flexibility index (Phi) is 6.34. The fourth-order valence-corrected chi connectivity index (χ4v) is 4.27. The van der Waals surface area contributed by atoms with Crippen LogP contribution in [0.15, 0.2) is 103 Å². The molecule has 0 saturated heterocycles. The summed E-state index contributed by atoms with van der Waals surface area (Å²) in [6.07, 6.45) is -2.99. The summed E-state index contributed by atoms with van der Waals surface area (Å²) in [5.74, 6) is 1.34. The molecule has 0 aliphatic carbocycles. The van der Waals surface area contributed by atoms with Gasteiger partial charge in [-0.25, -0.2) is 0 Å². The van der Waals surface area contributed by atoms with Gasteiger partial charge in [0.05, 0.1) is 18.2 Å². The van der Waals surface area contributed by atoms with Crippen molar-refractivity contribution in [2.24, 2.45) is 0 Å². The van der Waals surface area contributed by atoms with E-state index < -0.39 is 11.7 Å². The summed E-state index contributed by atoms with van der Waals surface area (Å²) in [4.78, 5) is 4.26. The molecule has 180 valence electrons. The highest BCUT2D eigenvalue weighted by atomic mass is 19.4. The van der Waals surface area contributed by atoms with Crippen molar-refractivity contribution in [3.05, 3.63) is 114 Å². The molecule has 6 heteroatoms. The molecule has 0 unspecified atom stereocenters. The molecule has 0 radical (unpaired) electrons. The van der Waals surface area contributed by atoms with Crippen molar-refractivity contribution in [3.63, 3.8) is 0 Å². The molecule has 36 heavy (non-hydrogen) atoms. The van der Waals surface area contributed by atoms with Crippen LogP contribution in [0, 0.1) is 0 Å². The summed E-state index contributed by atoms with van der Waals surface area (Å²) in [5, 5.41) is 0.427. The average Bonchev–Trinajstić information content (AvgIpc) is 2.91. The lowest BCUT2D eigenvalue weighted by atomic mass is 9.91. The van der Waals surface area contributed by atoms with E-state index in [0.717, 1.165) is 34.1 Å². The molecule has 1 aromatic heterocycles. The number of ether oxygens (including phenoxy) is 2. The third-order valence-electron chi connectivity index (χ3n) is 5.95. The Hall–Kier alpha value is -4.32. The number of fused-ring (bicyclic) bond motifs is 1. The quantitative estimate of drug-likeness (QED) is 0.243. The number of pyridine rings is 1. The molecule has 0 aliphatic heterocycles. The Bertz CT molecular complexity index is 1510. The third kappa shape index (κ3) is 4.75. The van der Waals surface area contributed by atoms with Gasteiger partial charge >= 0.3 is 6.18 Å². The second-order valence-electron chi connectivity index (χ2n) is 8.28. The molecule has 4 aromatic carbocycles. The first-order chi connectivity index (χ1) is 17.4. The van der Waals surface area contributed by atoms with E-state index in [-0.39, 0.29) is 5.52 Å². The van der Waals surface area contributed by atoms with Gasteiger partial charge in [0.15, 0.2) is 0 Å². The number of para-hydroxylation sites is 1. The number of aromatic nitrogens is 1. The zero-order valence-electron chi connectivity index (χ0n) is 19.4. The first-order valence-corrected chi connectivity index (χ1v) is 11.3. The van der Waals surface area contributed by atoms with Crippen molar-refractivity contribution in [1.82, 2.24) is 4.98 Å². The van der Waals surface area contributed by atoms with Crippen LogP contribution in [-0.2, 0) is 12.8 Å².